The molecule has 0 saturated carbocycles. The molecule has 0 radical (unpaired) electrons. The first kappa shape index (κ1) is 13.3. The maximum atomic E-state index is 10.7. The molecule has 0 aromatic carbocycles. The third-order valence-corrected chi connectivity index (χ3v) is 1.68. The summed E-state index contributed by atoms with van der Waals surface area (Å²) in [5.74, 6) is -0.505. The van der Waals surface area contributed by atoms with Gasteiger partial charge >= 0.3 is 5.97 Å². The molecule has 6 nitrogen and oxygen atoms in total. The van der Waals surface area contributed by atoms with Crippen LogP contribution in [0.25, 0.3) is 0 Å². The van der Waals surface area contributed by atoms with Crippen LogP contribution in [-0.2, 0) is 9.53 Å². The van der Waals surface area contributed by atoms with Gasteiger partial charge in [-0.3, -0.25) is 4.79 Å². The lowest BCUT2D eigenvalue weighted by molar-refractivity contribution is -0.152. The van der Waals surface area contributed by atoms with Gasteiger partial charge in [0.1, 0.15) is 24.9 Å². The highest BCUT2D eigenvalue weighted by atomic mass is 16.5. The third kappa shape index (κ3) is 4.52. The van der Waals surface area contributed by atoms with Crippen LogP contribution in [0.15, 0.2) is 0 Å². The topological polar surface area (TPSA) is 107 Å². The van der Waals surface area contributed by atoms with E-state index in [4.69, 9.17) is 20.4 Å². The van der Waals surface area contributed by atoms with Gasteiger partial charge in [0, 0.05) is 6.42 Å². The fourth-order valence-corrected chi connectivity index (χ4v) is 0.743. The maximum absolute atomic E-state index is 10.7. The fraction of sp³-hybridized carbons (Fsp3) is 0.875. The predicted octanol–water partition coefficient (Wildman–Crippen LogP) is -1.99. The second kappa shape index (κ2) is 6.72. The van der Waals surface area contributed by atoms with Crippen LogP contribution in [-0.4, -0.2) is 57.9 Å². The summed E-state index contributed by atoms with van der Waals surface area (Å²) >= 11 is 0. The highest BCUT2D eigenvalue weighted by Gasteiger charge is 2.24. The lowest BCUT2D eigenvalue weighted by Gasteiger charge is -2.20. The molecule has 0 heterocycles. The molecule has 0 bridgehead atoms. The Kier molecular flexibility index (Phi) is 6.39. The molecule has 0 rings (SSSR count). The first-order chi connectivity index (χ1) is 6.52. The molecule has 0 aliphatic rings. The standard InChI is InChI=1S/C8H16O6/c1-2-7(12)14-4-6(11)8(13)5(10)3-9/h5-6,8-11,13H,2-4H2,1H3. The Labute approximate surface area is 81.7 Å². The van der Waals surface area contributed by atoms with Crippen molar-refractivity contribution < 1.29 is 30.0 Å². The van der Waals surface area contributed by atoms with E-state index in [9.17, 15) is 4.79 Å². The van der Waals surface area contributed by atoms with Gasteiger partial charge in [0.15, 0.2) is 0 Å². The Balaban J connectivity index is 3.83. The van der Waals surface area contributed by atoms with E-state index >= 15 is 0 Å². The molecule has 0 aliphatic heterocycles. The summed E-state index contributed by atoms with van der Waals surface area (Å²) in [6, 6.07) is 0. The number of esters is 1. The van der Waals surface area contributed by atoms with Crippen molar-refractivity contribution >= 4 is 5.97 Å². The molecule has 0 aromatic heterocycles. The number of aliphatic hydroxyl groups is 4. The van der Waals surface area contributed by atoms with Crippen molar-refractivity contribution in [2.75, 3.05) is 13.2 Å². The second-order valence-electron chi connectivity index (χ2n) is 2.84. The first-order valence-electron chi connectivity index (χ1n) is 4.33. The van der Waals surface area contributed by atoms with Crippen LogP contribution in [0.1, 0.15) is 13.3 Å². The Morgan fingerprint density at radius 2 is 1.86 bits per heavy atom. The monoisotopic (exact) mass is 208 g/mol. The van der Waals surface area contributed by atoms with E-state index in [1.54, 1.807) is 6.92 Å². The van der Waals surface area contributed by atoms with Gasteiger partial charge in [0.2, 0.25) is 0 Å². The van der Waals surface area contributed by atoms with E-state index in [2.05, 4.69) is 4.74 Å². The van der Waals surface area contributed by atoms with Crippen LogP contribution >= 0.6 is 0 Å². The van der Waals surface area contributed by atoms with Crippen LogP contribution < -0.4 is 0 Å². The van der Waals surface area contributed by atoms with Crippen molar-refractivity contribution in [1.82, 2.24) is 0 Å². The summed E-state index contributed by atoms with van der Waals surface area (Å²) < 4.78 is 4.53. The van der Waals surface area contributed by atoms with Gasteiger partial charge in [-0.15, -0.1) is 0 Å². The minimum absolute atomic E-state index is 0.172. The van der Waals surface area contributed by atoms with Crippen LogP contribution in [0.2, 0.25) is 0 Å². The van der Waals surface area contributed by atoms with Crippen molar-refractivity contribution in [3.63, 3.8) is 0 Å². The molecule has 6 heteroatoms. The third-order valence-electron chi connectivity index (χ3n) is 1.68. The van der Waals surface area contributed by atoms with Gasteiger partial charge in [-0.25, -0.2) is 0 Å². The molecule has 0 aliphatic carbocycles. The molecule has 0 fully saturated rings. The van der Waals surface area contributed by atoms with E-state index in [1.165, 1.54) is 0 Å². The summed E-state index contributed by atoms with van der Waals surface area (Å²) in [7, 11) is 0. The van der Waals surface area contributed by atoms with E-state index < -0.39 is 37.5 Å². The van der Waals surface area contributed by atoms with E-state index in [1.807, 2.05) is 0 Å². The Morgan fingerprint density at radius 1 is 1.29 bits per heavy atom. The van der Waals surface area contributed by atoms with Crippen molar-refractivity contribution in [3.8, 4) is 0 Å². The summed E-state index contributed by atoms with van der Waals surface area (Å²) in [4.78, 5) is 10.7. The molecule has 3 atom stereocenters. The highest BCUT2D eigenvalue weighted by Crippen LogP contribution is 2.01. The molecule has 0 amide bonds. The van der Waals surface area contributed by atoms with Gasteiger partial charge in [0.25, 0.3) is 0 Å². The summed E-state index contributed by atoms with van der Waals surface area (Å²) in [6.07, 6.45) is -4.19. The van der Waals surface area contributed by atoms with Crippen LogP contribution in [0, 0.1) is 0 Å². The fourth-order valence-electron chi connectivity index (χ4n) is 0.743. The summed E-state index contributed by atoms with van der Waals surface area (Å²) in [5, 5.41) is 35.7. The smallest absolute Gasteiger partial charge is 0.305 e. The van der Waals surface area contributed by atoms with E-state index in [0.29, 0.717) is 0 Å². The first-order valence-corrected chi connectivity index (χ1v) is 4.33. The van der Waals surface area contributed by atoms with Crippen LogP contribution in [0.5, 0.6) is 0 Å². The van der Waals surface area contributed by atoms with Crippen LogP contribution in [0.3, 0.4) is 0 Å². The van der Waals surface area contributed by atoms with Gasteiger partial charge in [-0.1, -0.05) is 6.92 Å². The summed E-state index contributed by atoms with van der Waals surface area (Å²) in [6.45, 7) is 0.526. The van der Waals surface area contributed by atoms with Crippen LogP contribution in [0.4, 0.5) is 0 Å². The molecule has 0 saturated heterocycles. The number of hydrogen-bond acceptors (Lipinski definition) is 6. The zero-order valence-electron chi connectivity index (χ0n) is 7.96. The lowest BCUT2D eigenvalue weighted by Crippen LogP contribution is -2.42. The van der Waals surface area contributed by atoms with Crippen molar-refractivity contribution in [1.29, 1.82) is 0 Å². The number of ether oxygens (including phenoxy) is 1. The SMILES string of the molecule is CCC(=O)OCC(O)C(O)C(O)CO. The minimum Gasteiger partial charge on any atom is -0.463 e. The zero-order chi connectivity index (χ0) is 11.1. The van der Waals surface area contributed by atoms with Gasteiger partial charge in [-0.05, 0) is 0 Å². The number of rotatable bonds is 6. The Morgan fingerprint density at radius 3 is 2.29 bits per heavy atom. The molecule has 84 valence electrons. The Bertz CT molecular complexity index is 171. The van der Waals surface area contributed by atoms with Gasteiger partial charge in [0.05, 0.1) is 6.61 Å². The molecular formula is C8H16O6. The summed E-state index contributed by atoms with van der Waals surface area (Å²) in [5.41, 5.74) is 0. The van der Waals surface area contributed by atoms with E-state index in [-0.39, 0.29) is 6.42 Å². The molecule has 14 heavy (non-hydrogen) atoms. The molecule has 0 aromatic rings. The minimum atomic E-state index is -1.52. The average Bonchev–Trinajstić information content (AvgIpc) is 2.22. The molecule has 4 N–H and O–H groups in total. The molecule has 0 spiro atoms. The highest BCUT2D eigenvalue weighted by molar-refractivity contribution is 5.68. The van der Waals surface area contributed by atoms with Crippen molar-refractivity contribution in [2.45, 2.75) is 31.7 Å². The number of carbonyl (C=O) groups is 1. The largest absolute Gasteiger partial charge is 0.463 e. The molecular weight excluding hydrogens is 192 g/mol. The Hall–Kier alpha value is -0.690. The second-order valence-corrected chi connectivity index (χ2v) is 2.84. The predicted molar refractivity (Wildman–Crippen MR) is 46.4 cm³/mol. The van der Waals surface area contributed by atoms with Crippen molar-refractivity contribution in [2.24, 2.45) is 0 Å². The maximum Gasteiger partial charge on any atom is 0.305 e. The average molecular weight is 208 g/mol. The quantitative estimate of drug-likeness (QED) is 0.377. The number of hydrogen-bond donors (Lipinski definition) is 4. The van der Waals surface area contributed by atoms with E-state index in [0.717, 1.165) is 0 Å². The number of carbonyl (C=O) groups excluding carboxylic acids is 1. The molecule has 3 unspecified atom stereocenters. The number of aliphatic hydroxyl groups excluding tert-OH is 4. The zero-order valence-corrected chi connectivity index (χ0v) is 7.96. The van der Waals surface area contributed by atoms with Crippen molar-refractivity contribution in [3.05, 3.63) is 0 Å². The lowest BCUT2D eigenvalue weighted by atomic mass is 10.1. The van der Waals surface area contributed by atoms with Gasteiger partial charge < -0.3 is 25.2 Å². The van der Waals surface area contributed by atoms with Gasteiger partial charge in [-0.2, -0.15) is 0 Å². The normalized spacial score (nSPS) is 17.2.